The maximum absolute atomic E-state index is 4.58. The van der Waals surface area contributed by atoms with Crippen molar-refractivity contribution in [3.05, 3.63) is 29.8 Å². The Morgan fingerprint density at radius 2 is 2.18 bits per heavy atom. The van der Waals surface area contributed by atoms with E-state index in [2.05, 4.69) is 20.4 Å². The lowest BCUT2D eigenvalue weighted by Crippen LogP contribution is -2.05. The van der Waals surface area contributed by atoms with Gasteiger partial charge in [-0.05, 0) is 25.8 Å². The van der Waals surface area contributed by atoms with Gasteiger partial charge >= 0.3 is 0 Å². The van der Waals surface area contributed by atoms with E-state index in [0.29, 0.717) is 5.92 Å². The van der Waals surface area contributed by atoms with E-state index in [4.69, 9.17) is 0 Å². The molecule has 0 radical (unpaired) electrons. The predicted molar refractivity (Wildman–Crippen MR) is 65.4 cm³/mol. The number of rotatable bonds is 3. The van der Waals surface area contributed by atoms with Gasteiger partial charge < -0.3 is 5.32 Å². The summed E-state index contributed by atoms with van der Waals surface area (Å²) in [5.74, 6) is 3.16. The monoisotopic (exact) mass is 229 g/mol. The van der Waals surface area contributed by atoms with Crippen LogP contribution in [-0.2, 0) is 0 Å². The van der Waals surface area contributed by atoms with Gasteiger partial charge in [-0.3, -0.25) is 0 Å². The molecular weight excluding hydrogens is 214 g/mol. The number of nitrogens with zero attached hydrogens (tertiary/aromatic N) is 4. The van der Waals surface area contributed by atoms with Crippen molar-refractivity contribution in [2.24, 2.45) is 0 Å². The van der Waals surface area contributed by atoms with Crippen LogP contribution in [0.25, 0.3) is 5.82 Å². The summed E-state index contributed by atoms with van der Waals surface area (Å²) in [4.78, 5) is 9.06. The molecule has 3 rings (SSSR count). The van der Waals surface area contributed by atoms with Crippen molar-refractivity contribution in [3.8, 4) is 5.82 Å². The molecular formula is C12H15N5. The zero-order valence-corrected chi connectivity index (χ0v) is 10.0. The van der Waals surface area contributed by atoms with Crippen LogP contribution in [0.2, 0.25) is 0 Å². The van der Waals surface area contributed by atoms with Crippen LogP contribution < -0.4 is 5.32 Å². The Morgan fingerprint density at radius 1 is 1.35 bits per heavy atom. The van der Waals surface area contributed by atoms with Crippen LogP contribution in [0.1, 0.15) is 30.3 Å². The summed E-state index contributed by atoms with van der Waals surface area (Å²) in [6, 6.07) is 3.89. The molecule has 0 spiro atoms. The molecule has 0 atom stereocenters. The van der Waals surface area contributed by atoms with Crippen molar-refractivity contribution in [2.75, 3.05) is 12.4 Å². The molecule has 0 saturated heterocycles. The second-order valence-electron chi connectivity index (χ2n) is 4.40. The van der Waals surface area contributed by atoms with Crippen molar-refractivity contribution in [3.63, 3.8) is 0 Å². The Balaban J connectivity index is 2.05. The Hall–Kier alpha value is -1.91. The molecule has 1 aliphatic carbocycles. The van der Waals surface area contributed by atoms with Crippen LogP contribution >= 0.6 is 0 Å². The molecule has 1 N–H and O–H groups in total. The third-order valence-electron chi connectivity index (χ3n) is 2.89. The Kier molecular flexibility index (Phi) is 2.31. The summed E-state index contributed by atoms with van der Waals surface area (Å²) in [7, 11) is 1.87. The first kappa shape index (κ1) is 10.3. The summed E-state index contributed by atoms with van der Waals surface area (Å²) in [6.45, 7) is 1.97. The van der Waals surface area contributed by atoms with Crippen LogP contribution in [0.4, 0.5) is 5.82 Å². The van der Waals surface area contributed by atoms with Crippen LogP contribution in [0, 0.1) is 6.92 Å². The van der Waals surface area contributed by atoms with E-state index in [0.717, 1.165) is 23.2 Å². The normalized spacial score (nSPS) is 14.9. The largest absolute Gasteiger partial charge is 0.373 e. The fraction of sp³-hybridized carbons (Fsp3) is 0.417. The molecule has 0 amide bonds. The van der Waals surface area contributed by atoms with Crippen LogP contribution in [-0.4, -0.2) is 26.8 Å². The molecule has 88 valence electrons. The highest BCUT2D eigenvalue weighted by molar-refractivity contribution is 5.41. The highest BCUT2D eigenvalue weighted by Crippen LogP contribution is 2.38. The number of hydrogen-bond donors (Lipinski definition) is 1. The molecule has 1 aliphatic rings. The summed E-state index contributed by atoms with van der Waals surface area (Å²) < 4.78 is 1.80. The molecule has 2 aromatic heterocycles. The third-order valence-corrected chi connectivity index (χ3v) is 2.89. The van der Waals surface area contributed by atoms with E-state index < -0.39 is 0 Å². The Labute approximate surface area is 99.9 Å². The van der Waals surface area contributed by atoms with Gasteiger partial charge in [0.15, 0.2) is 5.82 Å². The molecule has 0 aliphatic heterocycles. The van der Waals surface area contributed by atoms with Gasteiger partial charge in [-0.1, -0.05) is 0 Å². The number of aryl methyl sites for hydroxylation is 1. The minimum Gasteiger partial charge on any atom is -0.373 e. The summed E-state index contributed by atoms with van der Waals surface area (Å²) in [6.07, 6.45) is 4.32. The first-order valence-corrected chi connectivity index (χ1v) is 5.85. The quantitative estimate of drug-likeness (QED) is 0.873. The fourth-order valence-electron chi connectivity index (χ4n) is 1.76. The maximum Gasteiger partial charge on any atom is 0.159 e. The second-order valence-corrected chi connectivity index (χ2v) is 4.40. The first-order chi connectivity index (χ1) is 8.26. The van der Waals surface area contributed by atoms with E-state index in [1.807, 2.05) is 32.3 Å². The molecule has 5 nitrogen and oxygen atoms in total. The van der Waals surface area contributed by atoms with Gasteiger partial charge in [-0.2, -0.15) is 5.10 Å². The lowest BCUT2D eigenvalue weighted by Gasteiger charge is -2.07. The number of anilines is 1. The van der Waals surface area contributed by atoms with Crippen molar-refractivity contribution in [1.29, 1.82) is 0 Å². The van der Waals surface area contributed by atoms with Crippen molar-refractivity contribution < 1.29 is 0 Å². The Morgan fingerprint density at radius 3 is 2.76 bits per heavy atom. The van der Waals surface area contributed by atoms with Gasteiger partial charge in [0.2, 0.25) is 0 Å². The van der Waals surface area contributed by atoms with Crippen molar-refractivity contribution >= 4 is 5.82 Å². The smallest absolute Gasteiger partial charge is 0.159 e. The molecule has 2 heterocycles. The van der Waals surface area contributed by atoms with Gasteiger partial charge in [-0.15, -0.1) is 0 Å². The molecule has 1 saturated carbocycles. The van der Waals surface area contributed by atoms with Gasteiger partial charge in [-0.25, -0.2) is 14.6 Å². The molecule has 5 heteroatoms. The van der Waals surface area contributed by atoms with Gasteiger partial charge in [0.1, 0.15) is 11.6 Å². The van der Waals surface area contributed by atoms with Gasteiger partial charge in [0.05, 0.1) is 5.69 Å². The van der Waals surface area contributed by atoms with E-state index in [1.54, 1.807) is 4.68 Å². The van der Waals surface area contributed by atoms with Crippen molar-refractivity contribution in [1.82, 2.24) is 19.7 Å². The van der Waals surface area contributed by atoms with Crippen LogP contribution in [0.5, 0.6) is 0 Å². The summed E-state index contributed by atoms with van der Waals surface area (Å²) in [5, 5.41) is 7.45. The fourth-order valence-corrected chi connectivity index (χ4v) is 1.76. The average Bonchev–Trinajstić information content (AvgIpc) is 3.11. The number of hydrogen-bond acceptors (Lipinski definition) is 4. The SMILES string of the molecule is CNc1cc(-n2ccc(C)n2)nc(C2CC2)n1. The van der Waals surface area contributed by atoms with E-state index in [-0.39, 0.29) is 0 Å². The highest BCUT2D eigenvalue weighted by Gasteiger charge is 2.27. The zero-order chi connectivity index (χ0) is 11.8. The minimum atomic E-state index is 0.540. The lowest BCUT2D eigenvalue weighted by atomic mass is 10.4. The summed E-state index contributed by atoms with van der Waals surface area (Å²) >= 11 is 0. The van der Waals surface area contributed by atoms with E-state index in [1.165, 1.54) is 12.8 Å². The topological polar surface area (TPSA) is 55.6 Å². The van der Waals surface area contributed by atoms with E-state index in [9.17, 15) is 0 Å². The van der Waals surface area contributed by atoms with Gasteiger partial charge in [0, 0.05) is 25.2 Å². The number of aromatic nitrogens is 4. The average molecular weight is 229 g/mol. The zero-order valence-electron chi connectivity index (χ0n) is 10.0. The first-order valence-electron chi connectivity index (χ1n) is 5.85. The Bertz CT molecular complexity index is 542. The molecule has 2 aromatic rings. The minimum absolute atomic E-state index is 0.540. The van der Waals surface area contributed by atoms with E-state index >= 15 is 0 Å². The number of nitrogens with one attached hydrogen (secondary N) is 1. The highest BCUT2D eigenvalue weighted by atomic mass is 15.3. The van der Waals surface area contributed by atoms with Crippen LogP contribution in [0.3, 0.4) is 0 Å². The predicted octanol–water partition coefficient (Wildman–Crippen LogP) is 1.89. The maximum atomic E-state index is 4.58. The van der Waals surface area contributed by atoms with Crippen LogP contribution in [0.15, 0.2) is 18.3 Å². The van der Waals surface area contributed by atoms with Gasteiger partial charge in [0.25, 0.3) is 0 Å². The third kappa shape index (κ3) is 2.00. The molecule has 1 fully saturated rings. The molecule has 0 bridgehead atoms. The summed E-state index contributed by atoms with van der Waals surface area (Å²) in [5.41, 5.74) is 0.989. The second kappa shape index (κ2) is 3.84. The standard InChI is InChI=1S/C12H15N5/c1-8-5-6-17(16-8)11-7-10(13-2)14-12(15-11)9-3-4-9/h5-7,9H,3-4H2,1-2H3,(H,13,14,15). The molecule has 0 unspecified atom stereocenters. The molecule has 0 aromatic carbocycles. The van der Waals surface area contributed by atoms with Crippen molar-refractivity contribution in [2.45, 2.75) is 25.7 Å². The lowest BCUT2D eigenvalue weighted by molar-refractivity contribution is 0.801. The molecule has 17 heavy (non-hydrogen) atoms.